The number of ketones is 1. The molecule has 2 saturated heterocycles. The number of carbonyl (C=O) groups excluding carboxylic acids is 3. The van der Waals surface area contributed by atoms with Crippen LogP contribution in [0.1, 0.15) is 142 Å². The fourth-order valence-electron chi connectivity index (χ4n) is 11.0. The molecule has 3 aliphatic rings. The Kier molecular flexibility index (Phi) is 42.9. The Bertz CT molecular complexity index is 3260. The molecular formula is C74H108F5N7O14. The second kappa shape index (κ2) is 48.4. The van der Waals surface area contributed by atoms with Crippen LogP contribution in [0.2, 0.25) is 0 Å². The van der Waals surface area contributed by atoms with E-state index in [0.29, 0.717) is 61.5 Å². The minimum absolute atomic E-state index is 0.0299. The predicted molar refractivity (Wildman–Crippen MR) is 376 cm³/mol. The molecule has 558 valence electrons. The molecule has 3 aliphatic heterocycles. The van der Waals surface area contributed by atoms with E-state index in [-0.39, 0.29) is 63.2 Å². The number of aliphatic hydroxyl groups excluding tert-OH is 5. The first-order chi connectivity index (χ1) is 47.6. The number of nitro groups is 1. The van der Waals surface area contributed by atoms with Gasteiger partial charge in [-0.25, -0.2) is 17.7 Å². The van der Waals surface area contributed by atoms with Crippen molar-refractivity contribution < 1.29 is 85.7 Å². The van der Waals surface area contributed by atoms with Crippen LogP contribution < -0.4 is 24.8 Å². The van der Waals surface area contributed by atoms with Gasteiger partial charge >= 0.3 is 12.1 Å². The highest BCUT2D eigenvalue weighted by Crippen LogP contribution is 2.44. The summed E-state index contributed by atoms with van der Waals surface area (Å²) < 4.78 is 83.6. The van der Waals surface area contributed by atoms with E-state index in [1.165, 1.54) is 54.8 Å². The largest absolute Gasteiger partial charge is 0.493 e. The lowest BCUT2D eigenvalue weighted by molar-refractivity contribution is -0.397. The lowest BCUT2D eigenvalue weighted by Crippen LogP contribution is -2.56. The van der Waals surface area contributed by atoms with Gasteiger partial charge in [-0.1, -0.05) is 89.2 Å². The van der Waals surface area contributed by atoms with Crippen LogP contribution in [-0.4, -0.2) is 186 Å². The first-order valence-corrected chi connectivity index (χ1v) is 34.0. The Morgan fingerprint density at radius 3 is 2.11 bits per heavy atom. The third kappa shape index (κ3) is 30.8. The number of benzene rings is 4. The summed E-state index contributed by atoms with van der Waals surface area (Å²) in [5, 5.41) is 68.5. The van der Waals surface area contributed by atoms with Gasteiger partial charge in [-0.2, -0.15) is 14.9 Å². The number of hydrogen-bond acceptors (Lipinski definition) is 19. The van der Waals surface area contributed by atoms with E-state index < -0.39 is 60.9 Å². The first-order valence-electron chi connectivity index (χ1n) is 34.0. The van der Waals surface area contributed by atoms with Crippen molar-refractivity contribution in [3.63, 3.8) is 0 Å². The number of rotatable bonds is 27. The maximum atomic E-state index is 12.9. The van der Waals surface area contributed by atoms with Crippen molar-refractivity contribution in [2.45, 2.75) is 188 Å². The van der Waals surface area contributed by atoms with E-state index >= 15 is 0 Å². The summed E-state index contributed by atoms with van der Waals surface area (Å²) in [5.41, 5.74) is 12.9. The van der Waals surface area contributed by atoms with Crippen LogP contribution in [0.5, 0.6) is 17.2 Å². The van der Waals surface area contributed by atoms with Gasteiger partial charge in [-0.3, -0.25) is 18.5 Å². The molecule has 3 unspecified atom stereocenters. The number of Topliss-reactive ketones (excluding diaryl/α,β-unsaturated/α-hetero) is 1. The molecule has 0 radical (unpaired) electrons. The molecule has 0 bridgehead atoms. The molecule has 0 amide bonds. The zero-order valence-electron chi connectivity index (χ0n) is 59.9. The fraction of sp³-hybridized carbons (Fsp3) is 0.595. The number of alkyl halides is 5. The third-order valence-corrected chi connectivity index (χ3v) is 17.0. The van der Waals surface area contributed by atoms with Gasteiger partial charge < -0.3 is 65.2 Å². The van der Waals surface area contributed by atoms with Crippen molar-refractivity contribution in [2.75, 3.05) is 85.2 Å². The number of aromatic nitrogens is 2. The molecular weight excluding hydrogens is 1300 g/mol. The van der Waals surface area contributed by atoms with Crippen LogP contribution in [0.4, 0.5) is 33.6 Å². The van der Waals surface area contributed by atoms with E-state index in [4.69, 9.17) is 54.9 Å². The number of anilines is 1. The van der Waals surface area contributed by atoms with E-state index in [2.05, 4.69) is 67.9 Å². The van der Waals surface area contributed by atoms with Gasteiger partial charge in [0.25, 0.3) is 0 Å². The maximum Gasteiger partial charge on any atom is 0.434 e. The highest BCUT2D eigenvalue weighted by atomic mass is 18.2. The second-order valence-corrected chi connectivity index (χ2v) is 25.6. The van der Waals surface area contributed by atoms with Crippen molar-refractivity contribution in [1.29, 1.82) is 5.26 Å². The van der Waals surface area contributed by atoms with Crippen LogP contribution in [-0.2, 0) is 38.5 Å². The molecule has 4 heterocycles. The van der Waals surface area contributed by atoms with Gasteiger partial charge in [0.15, 0.2) is 17.7 Å². The third-order valence-electron chi connectivity index (χ3n) is 17.0. The molecule has 0 saturated carbocycles. The molecule has 8 rings (SSSR count). The number of nitrogens with zero attached hydrogens (tertiary/aromatic N) is 6. The summed E-state index contributed by atoms with van der Waals surface area (Å²) >= 11 is 0. The smallest absolute Gasteiger partial charge is 0.434 e. The normalized spacial score (nSPS) is 19.8. The highest BCUT2D eigenvalue weighted by Gasteiger charge is 2.43. The summed E-state index contributed by atoms with van der Waals surface area (Å²) in [4.78, 5) is 45.0. The zero-order valence-corrected chi connectivity index (χ0v) is 59.9. The summed E-state index contributed by atoms with van der Waals surface area (Å²) in [5.74, 6) is 3.50. The van der Waals surface area contributed by atoms with Gasteiger partial charge in [0.05, 0.1) is 70.6 Å². The van der Waals surface area contributed by atoms with Crippen molar-refractivity contribution in [1.82, 2.24) is 14.5 Å². The number of aliphatic hydroxyl groups is 5. The molecule has 4 aromatic carbocycles. The zero-order chi connectivity index (χ0) is 75.0. The molecule has 100 heavy (non-hydrogen) atoms. The topological polar surface area (TPSA) is 307 Å². The van der Waals surface area contributed by atoms with E-state index in [0.717, 1.165) is 89.8 Å². The number of methoxy groups -OCH3 is 1. The molecule has 7 N–H and O–H groups in total. The van der Waals surface area contributed by atoms with Crippen LogP contribution in [0.3, 0.4) is 0 Å². The number of ether oxygens (including phenoxy) is 4. The molecule has 0 spiro atoms. The second-order valence-electron chi connectivity index (χ2n) is 25.6. The number of halogens is 5. The van der Waals surface area contributed by atoms with Crippen LogP contribution >= 0.6 is 0 Å². The van der Waals surface area contributed by atoms with Gasteiger partial charge in [0, 0.05) is 50.4 Å². The molecule has 26 heteroatoms. The SMILES string of the molecule is C/C(C#N)=C(\C)c1ccc2cc(N(C)CC[18F])ccc2c1.CC(=O)[C@@H](N)Cc1ccc(OCC[18F])cc1.CC(C)CCCCC[18F].CCC(O)Cn1ccnc1[N+](=O)[O-].COc1cc2c(cc1OCCC[18F])CCN1C[C@@H](CC(C)C)[C@H](O)C[C@H]21.C[C@@H]1OC(CO)[C@@H](O)C(O)[C@H]1[18F].O=C=O. The Hall–Kier alpha value is -7.44. The molecule has 21 nitrogen and oxygen atoms in total. The Labute approximate surface area is 586 Å². The minimum Gasteiger partial charge on any atom is -0.493 e. The molecule has 2 fully saturated rings. The number of hydrogen-bond donors (Lipinski definition) is 6. The maximum absolute atomic E-state index is 12.9. The number of imidazole rings is 1. The van der Waals surface area contributed by atoms with Crippen molar-refractivity contribution in [3.05, 3.63) is 123 Å². The number of fused-ring (bicyclic) bond motifs is 4. The number of nitrogens with two attached hydrogens (primary N) is 1. The molecule has 1 aromatic heterocycles. The fourth-order valence-corrected chi connectivity index (χ4v) is 11.0. The quantitative estimate of drug-likeness (QED) is 0.00935. The Morgan fingerprint density at radius 2 is 1.54 bits per heavy atom. The van der Waals surface area contributed by atoms with Crippen molar-refractivity contribution in [2.24, 2.45) is 23.5 Å². The van der Waals surface area contributed by atoms with Crippen LogP contribution in [0, 0.1) is 39.2 Å². The van der Waals surface area contributed by atoms with Gasteiger partial charge in [-0.05, 0) is 170 Å². The van der Waals surface area contributed by atoms with Crippen LogP contribution in [0.25, 0.3) is 16.3 Å². The van der Waals surface area contributed by atoms with Crippen molar-refractivity contribution >= 4 is 39.9 Å². The number of nitriles is 1. The first kappa shape index (κ1) is 88.6. The lowest BCUT2D eigenvalue weighted by atomic mass is 9.79. The Morgan fingerprint density at radius 1 is 0.880 bits per heavy atom. The number of unbranched alkanes of at least 4 members (excludes halogenated alkanes) is 2. The Balaban J connectivity index is 0.000000418. The number of allylic oxidation sites excluding steroid dienone is 2. The van der Waals surface area contributed by atoms with Gasteiger partial charge in [0.1, 0.15) is 62.2 Å². The average Bonchev–Trinajstić information content (AvgIpc) is 0.865. The minimum atomic E-state index is -1.59. The number of carbonyl (C=O) groups is 1. The van der Waals surface area contributed by atoms with Gasteiger partial charge in [-0.15, -0.1) is 0 Å². The summed E-state index contributed by atoms with van der Waals surface area (Å²) in [7, 11) is 3.52. The molecule has 0 aliphatic carbocycles. The molecule has 10 atom stereocenters. The summed E-state index contributed by atoms with van der Waals surface area (Å²) in [6, 6.07) is 25.5. The molecule has 5 aromatic rings. The highest BCUT2D eigenvalue weighted by molar-refractivity contribution is 5.89. The van der Waals surface area contributed by atoms with E-state index in [9.17, 15) is 47.1 Å². The van der Waals surface area contributed by atoms with E-state index in [1.54, 1.807) is 19.2 Å². The number of piperidine rings is 1. The summed E-state index contributed by atoms with van der Waals surface area (Å²) in [6.07, 6.45) is 4.73. The van der Waals surface area contributed by atoms with Gasteiger partial charge in [0.2, 0.25) is 0 Å². The van der Waals surface area contributed by atoms with E-state index in [1.807, 2.05) is 69.1 Å². The predicted octanol–water partition coefficient (Wildman–Crippen LogP) is 11.8. The standard InChI is InChI=1S/C21H32FNO3.C18H19FN2.C12H16FNO2.C8H17F.C7H13FO4.C7H11N3O3.CO2/c1-14(2)9-16-13-23-7-5-15-10-21(26-8-4-6-22)20(25-3)11-17(15)18(23)12-19(16)24;1-13(12-20)14(2)15-4-5-17-11-18(21(3)9-8-19)7-6-16(17)10-15;1-9(15)12(14)8-10-2-4-11(5-3-10)16-7-6-13;1-8(2)6-4-3-5-7-9;1-3-5(8)7(11)6(10)4(2-9)12-3;1-2-6(11)5-9-4-3-8-7(9)10(12)13;2-1-3/h10-11,14,16,18-19,24H,4-9,12-13H2,1-3H3;4-7,10-11H,8-9H2,1-3H3;2-5,12H,6-8,14H2,1H3;8H,3-7H2,1-2H3;3-7,9-11H,2H2,1H3;3-4,6,11H,2,5H2,1H3;/b;14-13-;;;;;/t16-,18-,19-;;12-;;3-,4?,5-,6+,7?;;/m1.0.0../s1/i22-1;19-1;13-1;9-1;8-1;;. The van der Waals surface area contributed by atoms with Crippen molar-refractivity contribution in [3.8, 4) is 23.3 Å². The van der Waals surface area contributed by atoms with Crippen LogP contribution in [0.15, 0.2) is 90.8 Å². The monoisotopic (exact) mass is 1410 g/mol. The average molecular weight is 1410 g/mol. The summed E-state index contributed by atoms with van der Waals surface area (Å²) in [6.45, 7) is 18.6. The lowest BCUT2D eigenvalue weighted by Gasteiger charge is -2.46.